The van der Waals surface area contributed by atoms with Crippen LogP contribution in [0.2, 0.25) is 0 Å². The third-order valence-corrected chi connectivity index (χ3v) is 13.2. The van der Waals surface area contributed by atoms with Gasteiger partial charge in [0.25, 0.3) is 0 Å². The van der Waals surface area contributed by atoms with E-state index < -0.39 is 18.1 Å². The molecule has 5 fully saturated rings. The molecule has 0 aromatic heterocycles. The van der Waals surface area contributed by atoms with Crippen LogP contribution < -0.4 is 0 Å². The summed E-state index contributed by atoms with van der Waals surface area (Å²) in [5, 5.41) is 132. The maximum atomic E-state index is 9.03. The molecule has 5 rings (SSSR count). The number of nitrogens with zero attached hydrogens (tertiary/aromatic N) is 30. The molecule has 87 heavy (non-hydrogen) atoms. The molecule has 0 aromatic rings. The monoisotopic (exact) mass is 1180 g/mol. The van der Waals surface area contributed by atoms with E-state index in [-0.39, 0.29) is 39.8 Å². The van der Waals surface area contributed by atoms with E-state index in [0.29, 0.717) is 118 Å². The number of rotatable bonds is 18. The van der Waals surface area contributed by atoms with E-state index in [2.05, 4.69) is 93.2 Å². The van der Waals surface area contributed by atoms with Gasteiger partial charge in [-0.05, 0) is 13.8 Å². The highest BCUT2D eigenvalue weighted by Gasteiger charge is 2.36. The minimum atomic E-state index is -1.05. The van der Waals surface area contributed by atoms with E-state index in [1.165, 1.54) is 14.7 Å². The molecule has 30 heteroatoms. The molecule has 0 N–H and O–H groups in total. The van der Waals surface area contributed by atoms with E-state index in [0.717, 1.165) is 46.1 Å². The van der Waals surface area contributed by atoms with Crippen LogP contribution in [0.15, 0.2) is 0 Å². The van der Waals surface area contributed by atoms with Gasteiger partial charge in [0, 0.05) is 38.9 Å². The Hall–Kier alpha value is -9.57. The quantitative estimate of drug-likeness (QED) is 0.121. The Morgan fingerprint density at radius 2 is 0.552 bits per heavy atom. The standard InChI is InChI=1S/C13H10N8.C13H19N5.2C10H14N6.C10H13N5.CH4/c1-2-11(3-14)19-8-20(12(4-15)5-16)10-21(9-19)13(6-17)7-18;1-2-3-8-16-11-17(9-4-6-14)13-18(12-16)10-5-7-15;2*1-10-15(6-3-12)8-14(5-2-11)9-16(10)7-4-13;1-2-5-13-8-14(6-3-11)10-15(9-13)7-4-12;/h1,11-13H,8-10H2;1H,3-5,8-13H2;2*10H,5-9H2,1H3;1H,5-10H2;1H4. The molecule has 1 atom stereocenters. The summed E-state index contributed by atoms with van der Waals surface area (Å²) in [6, 6.07) is 27.3. The second-order valence-electron chi connectivity index (χ2n) is 19.4. The Labute approximate surface area is 514 Å². The van der Waals surface area contributed by atoms with Crippen LogP contribution >= 0.6 is 0 Å². The van der Waals surface area contributed by atoms with Crippen molar-refractivity contribution in [2.24, 2.45) is 0 Å². The van der Waals surface area contributed by atoms with Gasteiger partial charge in [-0.3, -0.25) is 63.7 Å². The Bertz CT molecular complexity index is 2510. The van der Waals surface area contributed by atoms with Gasteiger partial charge < -0.3 is 0 Å². The minimum Gasteiger partial charge on any atom is -0.276 e. The average Bonchev–Trinajstić information content (AvgIpc) is 3.36. The third-order valence-electron chi connectivity index (χ3n) is 13.2. The zero-order valence-electron chi connectivity index (χ0n) is 48.8. The Morgan fingerprint density at radius 1 is 0.299 bits per heavy atom. The number of hydrogen-bond donors (Lipinski definition) is 0. The Balaban J connectivity index is 0.00000106. The molecule has 0 amide bonds. The summed E-state index contributed by atoms with van der Waals surface area (Å²) in [6.45, 7) is 16.8. The van der Waals surface area contributed by atoms with Gasteiger partial charge in [0.2, 0.25) is 0 Å². The van der Waals surface area contributed by atoms with Crippen LogP contribution in [-0.4, -0.2) is 269 Å². The first-order valence-electron chi connectivity index (χ1n) is 26.7. The molecule has 5 aliphatic heterocycles. The molecule has 1 unspecified atom stereocenters. The van der Waals surface area contributed by atoms with Gasteiger partial charge in [-0.25, -0.2) is 9.80 Å². The fraction of sp³-hybridized carbons (Fsp3) is 0.632. The van der Waals surface area contributed by atoms with E-state index in [4.69, 9.17) is 98.2 Å². The zero-order chi connectivity index (χ0) is 64.1. The molecule has 5 saturated heterocycles. The molecular weight excluding hydrogens is 1100 g/mol. The highest BCUT2D eigenvalue weighted by atomic mass is 15.5. The SMILES string of the molecule is C.C#CC(C#N)N1CN(C(C#N)C#N)CN(C(C#N)C#N)C1.C#CCCN1CN(CCC#N)CN(CCC#N)C1.C#CCN1CN(CC#N)CN(CC#N)C1.CC1N(CC#N)CN(CC#N)CN1CC#N.CC1N(CC#N)CN(CC#N)CN1CC#N. The second kappa shape index (κ2) is 46.8. The van der Waals surface area contributed by atoms with Crippen molar-refractivity contribution in [2.45, 2.75) is 71.0 Å². The fourth-order valence-electron chi connectivity index (χ4n) is 9.13. The molecule has 30 nitrogen and oxygen atoms in total. The molecule has 0 radical (unpaired) electrons. The normalized spacial score (nSPS) is 18.6. The fourth-order valence-corrected chi connectivity index (χ4v) is 9.13. The Morgan fingerprint density at radius 3 is 0.793 bits per heavy atom. The Kier molecular flexibility index (Phi) is 41.6. The van der Waals surface area contributed by atoms with Crippen LogP contribution in [0, 0.1) is 207 Å². The first-order chi connectivity index (χ1) is 41.7. The first-order valence-corrected chi connectivity index (χ1v) is 26.7. The summed E-state index contributed by atoms with van der Waals surface area (Å²) in [6.07, 6.45) is 17.7. The third kappa shape index (κ3) is 28.7. The molecule has 452 valence electrons. The van der Waals surface area contributed by atoms with Gasteiger partial charge in [-0.15, -0.1) is 25.2 Å². The predicted molar refractivity (Wildman–Crippen MR) is 311 cm³/mol. The molecule has 5 aliphatic rings. The van der Waals surface area contributed by atoms with Crippen LogP contribution in [0.4, 0.5) is 0 Å². The summed E-state index contributed by atoms with van der Waals surface area (Å²) in [5.41, 5.74) is 0. The van der Waals surface area contributed by atoms with E-state index in [1.54, 1.807) is 0 Å². The summed E-state index contributed by atoms with van der Waals surface area (Å²) in [4.78, 5) is 28.7. The van der Waals surface area contributed by atoms with Gasteiger partial charge in [0.15, 0.2) is 18.1 Å². The number of hydrogen-bond acceptors (Lipinski definition) is 30. The van der Waals surface area contributed by atoms with Crippen molar-refractivity contribution in [2.75, 3.05) is 165 Å². The number of terminal acetylenes is 3. The highest BCUT2D eigenvalue weighted by molar-refractivity contribution is 5.16. The maximum absolute atomic E-state index is 9.03. The van der Waals surface area contributed by atoms with Crippen LogP contribution in [0.5, 0.6) is 0 Å². The molecule has 0 spiro atoms. The molecular formula is C57H74N30. The van der Waals surface area contributed by atoms with Crippen LogP contribution in [0.1, 0.15) is 40.5 Å². The van der Waals surface area contributed by atoms with Crippen LogP contribution in [-0.2, 0) is 0 Å². The van der Waals surface area contributed by atoms with Crippen molar-refractivity contribution in [1.29, 1.82) is 78.9 Å². The van der Waals surface area contributed by atoms with Gasteiger partial charge in [-0.1, -0.05) is 19.3 Å². The number of nitriles is 15. The van der Waals surface area contributed by atoms with Crippen molar-refractivity contribution in [3.8, 4) is 128 Å². The molecule has 5 heterocycles. The lowest BCUT2D eigenvalue weighted by Crippen LogP contribution is -2.61. The van der Waals surface area contributed by atoms with E-state index in [1.807, 2.05) is 88.3 Å². The molecule has 0 aliphatic carbocycles. The van der Waals surface area contributed by atoms with Crippen molar-refractivity contribution < 1.29 is 0 Å². The average molecular weight is 1180 g/mol. The van der Waals surface area contributed by atoms with Gasteiger partial charge in [0.1, 0.15) is 0 Å². The highest BCUT2D eigenvalue weighted by Crippen LogP contribution is 2.18. The smallest absolute Gasteiger partial charge is 0.188 e. The summed E-state index contributed by atoms with van der Waals surface area (Å²) in [7, 11) is 0. The van der Waals surface area contributed by atoms with Crippen molar-refractivity contribution in [1.82, 2.24) is 73.5 Å². The zero-order valence-corrected chi connectivity index (χ0v) is 48.8. The minimum absolute atomic E-state index is 0. The largest absolute Gasteiger partial charge is 0.276 e. The lowest BCUT2D eigenvalue weighted by atomic mass is 10.2. The lowest BCUT2D eigenvalue weighted by molar-refractivity contribution is -0.0587. The van der Waals surface area contributed by atoms with Crippen LogP contribution in [0.25, 0.3) is 0 Å². The second-order valence-corrected chi connectivity index (χ2v) is 19.4. The van der Waals surface area contributed by atoms with Gasteiger partial charge in [-0.2, -0.15) is 78.9 Å². The van der Waals surface area contributed by atoms with E-state index in [9.17, 15) is 0 Å². The van der Waals surface area contributed by atoms with Crippen LogP contribution in [0.3, 0.4) is 0 Å². The van der Waals surface area contributed by atoms with Gasteiger partial charge >= 0.3 is 0 Å². The molecule has 0 aromatic carbocycles. The molecule has 0 bridgehead atoms. The van der Waals surface area contributed by atoms with Gasteiger partial charge in [0.05, 0.1) is 249 Å². The van der Waals surface area contributed by atoms with Crippen molar-refractivity contribution in [3.05, 3.63) is 0 Å². The van der Waals surface area contributed by atoms with E-state index >= 15 is 0 Å². The summed E-state index contributed by atoms with van der Waals surface area (Å²) in [5.74, 6) is 7.51. The first kappa shape index (κ1) is 77.4. The summed E-state index contributed by atoms with van der Waals surface area (Å²) >= 11 is 0. The molecule has 0 saturated carbocycles. The maximum Gasteiger partial charge on any atom is 0.188 e. The lowest BCUT2D eigenvalue weighted by Gasteiger charge is -2.44. The summed E-state index contributed by atoms with van der Waals surface area (Å²) < 4.78 is 0. The van der Waals surface area contributed by atoms with Crippen molar-refractivity contribution >= 4 is 0 Å². The van der Waals surface area contributed by atoms with Crippen molar-refractivity contribution in [3.63, 3.8) is 0 Å². The predicted octanol–water partition coefficient (Wildman–Crippen LogP) is -0.665. The topological polar surface area (TPSA) is 405 Å².